The third-order valence-corrected chi connectivity index (χ3v) is 0.857. The van der Waals surface area contributed by atoms with E-state index in [0.29, 0.717) is 19.3 Å². The van der Waals surface area contributed by atoms with Crippen LogP contribution in [0.4, 0.5) is 0 Å². The molecule has 0 heterocycles. The average molecular weight is 119 g/mol. The van der Waals surface area contributed by atoms with E-state index in [-0.39, 0.29) is 6.61 Å². The molecule has 2 N–H and O–H groups in total. The zero-order valence-electron chi connectivity index (χ0n) is 4.71. The molecule has 0 aromatic rings. The molecule has 1 radical (unpaired) electrons. The lowest BCUT2D eigenvalue weighted by atomic mass is 10.2. The zero-order valence-corrected chi connectivity index (χ0v) is 4.71. The van der Waals surface area contributed by atoms with Gasteiger partial charge in [-0.15, -0.1) is 0 Å². The first kappa shape index (κ1) is 7.88. The van der Waals surface area contributed by atoms with Gasteiger partial charge in [-0.1, -0.05) is 0 Å². The molecule has 0 bridgehead atoms. The molecular formula is C5H11O3. The lowest BCUT2D eigenvalue weighted by Crippen LogP contribution is -2.03. The molecule has 0 aromatic carbocycles. The van der Waals surface area contributed by atoms with Crippen LogP contribution in [0.25, 0.3) is 0 Å². The third kappa shape index (κ3) is 5.88. The van der Waals surface area contributed by atoms with Crippen LogP contribution in [0, 0.1) is 0 Å². The van der Waals surface area contributed by atoms with Crippen LogP contribution in [-0.4, -0.2) is 23.1 Å². The first-order valence-corrected chi connectivity index (χ1v) is 2.71. The minimum Gasteiger partial charge on any atom is -0.368 e. The fourth-order valence-corrected chi connectivity index (χ4v) is 0.429. The van der Waals surface area contributed by atoms with E-state index < -0.39 is 6.29 Å². The van der Waals surface area contributed by atoms with Crippen LogP contribution in [0.1, 0.15) is 19.3 Å². The Kier molecular flexibility index (Phi) is 4.95. The predicted octanol–water partition coefficient (Wildman–Crippen LogP) is -0.102. The second-order valence-electron chi connectivity index (χ2n) is 1.68. The van der Waals surface area contributed by atoms with Crippen molar-refractivity contribution in [1.82, 2.24) is 0 Å². The molecule has 0 spiro atoms. The highest BCUT2D eigenvalue weighted by Crippen LogP contribution is 1.96. The Morgan fingerprint density at radius 2 is 1.88 bits per heavy atom. The Balaban J connectivity index is 2.72. The zero-order chi connectivity index (χ0) is 6.41. The van der Waals surface area contributed by atoms with Crippen molar-refractivity contribution >= 4 is 0 Å². The summed E-state index contributed by atoms with van der Waals surface area (Å²) in [5.74, 6) is 0. The maximum Gasteiger partial charge on any atom is 0.151 e. The number of hydrogen-bond donors (Lipinski definition) is 2. The fraction of sp³-hybridized carbons (Fsp3) is 1.00. The Labute approximate surface area is 48.6 Å². The van der Waals surface area contributed by atoms with Crippen LogP contribution in [0.5, 0.6) is 0 Å². The van der Waals surface area contributed by atoms with E-state index >= 15 is 0 Å². The highest BCUT2D eigenvalue weighted by atomic mass is 16.5. The number of rotatable bonds is 4. The third-order valence-electron chi connectivity index (χ3n) is 0.857. The van der Waals surface area contributed by atoms with Crippen molar-refractivity contribution in [2.45, 2.75) is 25.6 Å². The van der Waals surface area contributed by atoms with Gasteiger partial charge >= 0.3 is 0 Å². The minimum atomic E-state index is -1.23. The summed E-state index contributed by atoms with van der Waals surface area (Å²) in [6.45, 7) is -0.118. The van der Waals surface area contributed by atoms with Gasteiger partial charge in [0.25, 0.3) is 0 Å². The standard InChI is InChI=1S/C5H11O3/c6-4-2-1-3-5(7)8/h5,7-8H,1-4H2. The molecule has 0 fully saturated rings. The summed E-state index contributed by atoms with van der Waals surface area (Å²) in [5.41, 5.74) is 0. The minimum absolute atomic E-state index is 0.118. The molecule has 0 unspecified atom stereocenters. The van der Waals surface area contributed by atoms with E-state index in [9.17, 15) is 5.11 Å². The van der Waals surface area contributed by atoms with Crippen molar-refractivity contribution in [3.05, 3.63) is 0 Å². The molecule has 0 saturated heterocycles. The van der Waals surface area contributed by atoms with Gasteiger partial charge in [-0.05, 0) is 19.3 Å². The first-order valence-electron chi connectivity index (χ1n) is 2.71. The van der Waals surface area contributed by atoms with Crippen molar-refractivity contribution in [2.24, 2.45) is 0 Å². The van der Waals surface area contributed by atoms with E-state index in [1.807, 2.05) is 0 Å². The Morgan fingerprint density at radius 3 is 2.25 bits per heavy atom. The quantitative estimate of drug-likeness (QED) is 0.401. The van der Waals surface area contributed by atoms with E-state index in [4.69, 9.17) is 10.2 Å². The van der Waals surface area contributed by atoms with Crippen LogP contribution in [0.3, 0.4) is 0 Å². The molecular weight excluding hydrogens is 108 g/mol. The van der Waals surface area contributed by atoms with E-state index in [1.54, 1.807) is 0 Å². The Hall–Kier alpha value is -0.120. The van der Waals surface area contributed by atoms with Crippen LogP contribution in [0.15, 0.2) is 0 Å². The summed E-state index contributed by atoms with van der Waals surface area (Å²) >= 11 is 0. The maximum absolute atomic E-state index is 9.75. The number of unbranched alkanes of at least 4 members (excludes halogenated alkanes) is 1. The topological polar surface area (TPSA) is 60.4 Å². The number of hydrogen-bond acceptors (Lipinski definition) is 2. The smallest absolute Gasteiger partial charge is 0.151 e. The van der Waals surface area contributed by atoms with Crippen LogP contribution in [-0.2, 0) is 5.11 Å². The molecule has 8 heavy (non-hydrogen) atoms. The first-order chi connectivity index (χ1) is 3.77. The van der Waals surface area contributed by atoms with Crippen molar-refractivity contribution in [1.29, 1.82) is 0 Å². The van der Waals surface area contributed by atoms with Crippen LogP contribution >= 0.6 is 0 Å². The second kappa shape index (κ2) is 5.03. The summed E-state index contributed by atoms with van der Waals surface area (Å²) in [6.07, 6.45) is 0.239. The summed E-state index contributed by atoms with van der Waals surface area (Å²) in [7, 11) is 0. The molecule has 0 aliphatic rings. The Bertz CT molecular complexity index is 44.9. The van der Waals surface area contributed by atoms with Crippen molar-refractivity contribution in [3.63, 3.8) is 0 Å². The molecule has 3 nitrogen and oxygen atoms in total. The molecule has 0 amide bonds. The maximum atomic E-state index is 9.75. The summed E-state index contributed by atoms with van der Waals surface area (Å²) in [6, 6.07) is 0. The SMILES string of the molecule is [O]CCCCC(O)O. The van der Waals surface area contributed by atoms with E-state index in [0.717, 1.165) is 0 Å². The van der Waals surface area contributed by atoms with Crippen LogP contribution in [0.2, 0.25) is 0 Å². The van der Waals surface area contributed by atoms with Gasteiger partial charge in [0.15, 0.2) is 6.29 Å². The molecule has 0 atom stereocenters. The lowest BCUT2D eigenvalue weighted by Gasteiger charge is -1.98. The van der Waals surface area contributed by atoms with Gasteiger partial charge in [0.2, 0.25) is 0 Å². The van der Waals surface area contributed by atoms with Gasteiger partial charge < -0.3 is 10.2 Å². The monoisotopic (exact) mass is 119 g/mol. The average Bonchev–Trinajstić information content (AvgIpc) is 1.66. The molecule has 0 aromatic heterocycles. The van der Waals surface area contributed by atoms with Gasteiger partial charge in [-0.3, -0.25) is 0 Å². The van der Waals surface area contributed by atoms with Crippen molar-refractivity contribution in [2.75, 3.05) is 6.61 Å². The number of aliphatic hydroxyl groups is 2. The van der Waals surface area contributed by atoms with E-state index in [2.05, 4.69) is 0 Å². The molecule has 49 valence electrons. The largest absolute Gasteiger partial charge is 0.368 e. The molecule has 0 rings (SSSR count). The molecule has 3 heteroatoms. The summed E-state index contributed by atoms with van der Waals surface area (Å²) in [5, 5.41) is 26.2. The molecule has 0 saturated carbocycles. The van der Waals surface area contributed by atoms with Gasteiger partial charge in [0, 0.05) is 0 Å². The van der Waals surface area contributed by atoms with Gasteiger partial charge in [-0.25, -0.2) is 5.11 Å². The molecule has 0 aliphatic carbocycles. The normalized spacial score (nSPS) is 10.5. The summed E-state index contributed by atoms with van der Waals surface area (Å²) < 4.78 is 0. The van der Waals surface area contributed by atoms with Crippen LogP contribution < -0.4 is 0 Å². The van der Waals surface area contributed by atoms with E-state index in [1.165, 1.54) is 0 Å². The van der Waals surface area contributed by atoms with Crippen molar-refractivity contribution in [3.8, 4) is 0 Å². The second-order valence-corrected chi connectivity index (χ2v) is 1.68. The van der Waals surface area contributed by atoms with Gasteiger partial charge in [0.1, 0.15) is 0 Å². The predicted molar refractivity (Wildman–Crippen MR) is 27.6 cm³/mol. The Morgan fingerprint density at radius 1 is 1.25 bits per heavy atom. The fourth-order valence-electron chi connectivity index (χ4n) is 0.429. The summed E-state index contributed by atoms with van der Waals surface area (Å²) in [4.78, 5) is 0. The highest BCUT2D eigenvalue weighted by Gasteiger charge is 1.94. The lowest BCUT2D eigenvalue weighted by molar-refractivity contribution is -0.0473. The van der Waals surface area contributed by atoms with Crippen molar-refractivity contribution < 1.29 is 15.3 Å². The van der Waals surface area contributed by atoms with Gasteiger partial charge in [-0.2, -0.15) is 0 Å². The molecule has 0 aliphatic heterocycles. The van der Waals surface area contributed by atoms with Gasteiger partial charge in [0.05, 0.1) is 6.61 Å². The number of aliphatic hydroxyl groups excluding tert-OH is 1. The highest BCUT2D eigenvalue weighted by molar-refractivity contribution is 4.39.